The fourth-order valence-electron chi connectivity index (χ4n) is 4.11. The molecule has 0 unspecified atom stereocenters. The van der Waals surface area contributed by atoms with Crippen LogP contribution < -0.4 is 0 Å². The van der Waals surface area contributed by atoms with Crippen LogP contribution in [0.4, 0.5) is 4.79 Å². The Bertz CT molecular complexity index is 841. The van der Waals surface area contributed by atoms with Gasteiger partial charge in [-0.05, 0) is 38.2 Å². The van der Waals surface area contributed by atoms with E-state index in [-0.39, 0.29) is 17.9 Å². The predicted molar refractivity (Wildman–Crippen MR) is 123 cm³/mol. The fraction of sp³-hybridized carbons (Fsp3) is 0.542. The molecule has 3 rings (SSSR count). The van der Waals surface area contributed by atoms with Gasteiger partial charge in [-0.2, -0.15) is 5.10 Å². The lowest BCUT2D eigenvalue weighted by Crippen LogP contribution is -2.46. The number of likely N-dealkylation sites (tertiary alicyclic amines) is 1. The fourth-order valence-corrected chi connectivity index (χ4v) is 4.11. The number of aromatic nitrogens is 2. The molecule has 3 amide bonds. The Balaban J connectivity index is 1.32. The smallest absolute Gasteiger partial charge is 0.319 e. The third kappa shape index (κ3) is 6.32. The zero-order valence-corrected chi connectivity index (χ0v) is 19.0. The zero-order valence-electron chi connectivity index (χ0n) is 19.0. The summed E-state index contributed by atoms with van der Waals surface area (Å²) in [6.45, 7) is 2.11. The number of carbonyl (C=O) groups excluding carboxylic acids is 2. The molecule has 1 fully saturated rings. The van der Waals surface area contributed by atoms with Crippen molar-refractivity contribution in [3.8, 4) is 11.3 Å². The lowest BCUT2D eigenvalue weighted by Gasteiger charge is -2.34. The van der Waals surface area contributed by atoms with E-state index in [1.807, 2.05) is 35.0 Å². The minimum atomic E-state index is 0.0346. The summed E-state index contributed by atoms with van der Waals surface area (Å²) in [5, 5.41) is 7.55. The van der Waals surface area contributed by atoms with Crippen LogP contribution >= 0.6 is 0 Å². The first kappa shape index (κ1) is 22.8. The van der Waals surface area contributed by atoms with Crippen molar-refractivity contribution in [2.45, 2.75) is 38.5 Å². The first-order valence-corrected chi connectivity index (χ1v) is 11.3. The van der Waals surface area contributed by atoms with E-state index >= 15 is 0 Å². The van der Waals surface area contributed by atoms with E-state index in [4.69, 9.17) is 0 Å². The van der Waals surface area contributed by atoms with E-state index in [9.17, 15) is 9.59 Å². The number of aromatic amines is 1. The van der Waals surface area contributed by atoms with Crippen molar-refractivity contribution in [2.24, 2.45) is 5.92 Å². The number of rotatable bonds is 8. The van der Waals surface area contributed by atoms with Crippen LogP contribution in [0, 0.1) is 5.92 Å². The van der Waals surface area contributed by atoms with Crippen LogP contribution in [0.3, 0.4) is 0 Å². The van der Waals surface area contributed by atoms with Crippen molar-refractivity contribution < 1.29 is 9.59 Å². The van der Waals surface area contributed by atoms with E-state index < -0.39 is 0 Å². The topological polar surface area (TPSA) is 72.5 Å². The first-order chi connectivity index (χ1) is 15.0. The van der Waals surface area contributed by atoms with Gasteiger partial charge in [0.05, 0.1) is 5.69 Å². The Hall–Kier alpha value is -2.83. The number of hydrogen-bond donors (Lipinski definition) is 1. The molecule has 1 aromatic carbocycles. The SMILES string of the molecule is CN(C)C(=O)N1CCC(C(=O)N(C)CCCCCc2cc(-c3ccccc3)n[nH]2)CC1. The number of urea groups is 1. The van der Waals surface area contributed by atoms with Crippen molar-refractivity contribution >= 4 is 11.9 Å². The normalized spacial score (nSPS) is 14.5. The molecule has 0 spiro atoms. The summed E-state index contributed by atoms with van der Waals surface area (Å²) in [5.41, 5.74) is 3.27. The molecule has 1 saturated heterocycles. The summed E-state index contributed by atoms with van der Waals surface area (Å²) < 4.78 is 0. The quantitative estimate of drug-likeness (QED) is 0.656. The number of H-pyrrole nitrogens is 1. The Labute approximate surface area is 185 Å². The maximum Gasteiger partial charge on any atom is 0.319 e. The maximum atomic E-state index is 12.7. The average Bonchev–Trinajstić information content (AvgIpc) is 3.27. The van der Waals surface area contributed by atoms with E-state index in [0.29, 0.717) is 13.1 Å². The van der Waals surface area contributed by atoms with Crippen LogP contribution in [0.5, 0.6) is 0 Å². The number of hydrogen-bond acceptors (Lipinski definition) is 3. The molecular weight excluding hydrogens is 390 g/mol. The average molecular weight is 426 g/mol. The number of amides is 3. The molecule has 1 aliphatic rings. The highest BCUT2D eigenvalue weighted by Gasteiger charge is 2.29. The van der Waals surface area contributed by atoms with Gasteiger partial charge in [0.25, 0.3) is 0 Å². The molecule has 0 radical (unpaired) electrons. The summed E-state index contributed by atoms with van der Waals surface area (Å²) in [6, 6.07) is 12.3. The van der Waals surface area contributed by atoms with Gasteiger partial charge in [-0.3, -0.25) is 9.89 Å². The van der Waals surface area contributed by atoms with Gasteiger partial charge in [-0.15, -0.1) is 0 Å². The lowest BCUT2D eigenvalue weighted by atomic mass is 9.95. The third-order valence-electron chi connectivity index (χ3n) is 6.01. The molecule has 31 heavy (non-hydrogen) atoms. The van der Waals surface area contributed by atoms with Crippen LogP contribution in [-0.2, 0) is 11.2 Å². The number of nitrogens with zero attached hydrogens (tertiary/aromatic N) is 4. The van der Waals surface area contributed by atoms with Gasteiger partial charge >= 0.3 is 6.03 Å². The van der Waals surface area contributed by atoms with Gasteiger partial charge in [-0.25, -0.2) is 4.79 Å². The number of benzene rings is 1. The van der Waals surface area contributed by atoms with E-state index in [1.165, 1.54) is 0 Å². The largest absolute Gasteiger partial charge is 0.346 e. The Morgan fingerprint density at radius 2 is 1.77 bits per heavy atom. The van der Waals surface area contributed by atoms with E-state index in [1.54, 1.807) is 19.0 Å². The molecule has 0 aliphatic carbocycles. The van der Waals surface area contributed by atoms with Crippen LogP contribution in [0.25, 0.3) is 11.3 Å². The zero-order chi connectivity index (χ0) is 22.2. The monoisotopic (exact) mass is 425 g/mol. The van der Waals surface area contributed by atoms with Crippen LogP contribution in [0.1, 0.15) is 37.8 Å². The molecule has 1 N–H and O–H groups in total. The van der Waals surface area contributed by atoms with Crippen molar-refractivity contribution in [1.29, 1.82) is 0 Å². The van der Waals surface area contributed by atoms with Gasteiger partial charge in [0.2, 0.25) is 5.91 Å². The van der Waals surface area contributed by atoms with Crippen molar-refractivity contribution in [2.75, 3.05) is 40.8 Å². The Morgan fingerprint density at radius 3 is 2.45 bits per heavy atom. The molecule has 2 aromatic rings. The molecule has 7 heteroatoms. The molecule has 1 aliphatic heterocycles. The van der Waals surface area contributed by atoms with Crippen LogP contribution in [0.15, 0.2) is 36.4 Å². The molecule has 0 atom stereocenters. The summed E-state index contributed by atoms with van der Waals surface area (Å²) in [6.07, 6.45) is 5.63. The predicted octanol–water partition coefficient (Wildman–Crippen LogP) is 3.64. The molecule has 0 saturated carbocycles. The molecule has 2 heterocycles. The van der Waals surface area contributed by atoms with Gasteiger partial charge in [0.15, 0.2) is 0 Å². The number of nitrogens with one attached hydrogen (secondary N) is 1. The second kappa shape index (κ2) is 11.0. The first-order valence-electron chi connectivity index (χ1n) is 11.3. The van der Waals surface area contributed by atoms with E-state index in [2.05, 4.69) is 28.4 Å². The highest BCUT2D eigenvalue weighted by atomic mass is 16.2. The van der Waals surface area contributed by atoms with Gasteiger partial charge in [0, 0.05) is 58.0 Å². The van der Waals surface area contributed by atoms with E-state index in [0.717, 1.165) is 62.0 Å². The van der Waals surface area contributed by atoms with Crippen molar-refractivity contribution in [3.05, 3.63) is 42.1 Å². The molecule has 0 bridgehead atoms. The van der Waals surface area contributed by atoms with Crippen LogP contribution in [0.2, 0.25) is 0 Å². The number of unbranched alkanes of at least 4 members (excludes halogenated alkanes) is 2. The highest BCUT2D eigenvalue weighted by Crippen LogP contribution is 2.21. The highest BCUT2D eigenvalue weighted by molar-refractivity contribution is 5.79. The van der Waals surface area contributed by atoms with Crippen molar-refractivity contribution in [1.82, 2.24) is 24.9 Å². The van der Waals surface area contributed by atoms with Gasteiger partial charge in [-0.1, -0.05) is 36.8 Å². The second-order valence-electron chi connectivity index (χ2n) is 8.65. The molecule has 1 aromatic heterocycles. The minimum Gasteiger partial charge on any atom is -0.346 e. The maximum absolute atomic E-state index is 12.7. The minimum absolute atomic E-state index is 0.0346. The van der Waals surface area contributed by atoms with Crippen LogP contribution in [-0.4, -0.2) is 77.6 Å². The summed E-state index contributed by atoms with van der Waals surface area (Å²) in [7, 11) is 5.44. The number of aryl methyl sites for hydroxylation is 1. The van der Waals surface area contributed by atoms with Crippen molar-refractivity contribution in [3.63, 3.8) is 0 Å². The molecule has 7 nitrogen and oxygen atoms in total. The lowest BCUT2D eigenvalue weighted by molar-refractivity contribution is -0.135. The third-order valence-corrected chi connectivity index (χ3v) is 6.01. The number of piperidine rings is 1. The van der Waals surface area contributed by atoms with Gasteiger partial charge < -0.3 is 14.7 Å². The number of carbonyl (C=O) groups is 2. The Morgan fingerprint density at radius 1 is 1.06 bits per heavy atom. The second-order valence-corrected chi connectivity index (χ2v) is 8.65. The van der Waals surface area contributed by atoms with Gasteiger partial charge in [0.1, 0.15) is 0 Å². The summed E-state index contributed by atoms with van der Waals surface area (Å²) in [5.74, 6) is 0.260. The summed E-state index contributed by atoms with van der Waals surface area (Å²) in [4.78, 5) is 30.1. The standard InChI is InChI=1S/C24H35N5O2/c1-27(2)24(31)29-16-13-20(14-17-29)23(30)28(3)15-9-5-8-12-21-18-22(26-25-21)19-10-6-4-7-11-19/h4,6-7,10-11,18,20H,5,8-9,12-17H2,1-3H3,(H,25,26). The molecule has 168 valence electrons. The molecular formula is C24H35N5O2. The summed E-state index contributed by atoms with van der Waals surface area (Å²) >= 11 is 0. The Kier molecular flexibility index (Phi) is 8.09.